The van der Waals surface area contributed by atoms with Gasteiger partial charge in [0.25, 0.3) is 5.91 Å². The predicted molar refractivity (Wildman–Crippen MR) is 56.6 cm³/mol. The summed E-state index contributed by atoms with van der Waals surface area (Å²) in [5, 5.41) is 9.01. The van der Waals surface area contributed by atoms with E-state index in [1.54, 1.807) is 0 Å². The first-order valence-corrected chi connectivity index (χ1v) is 4.99. The van der Waals surface area contributed by atoms with Gasteiger partial charge in [0.1, 0.15) is 23.7 Å². The van der Waals surface area contributed by atoms with Crippen molar-refractivity contribution >= 4 is 5.91 Å². The Morgan fingerprint density at radius 1 is 1.41 bits per heavy atom. The van der Waals surface area contributed by atoms with E-state index in [1.807, 2.05) is 0 Å². The second kappa shape index (κ2) is 5.15. The van der Waals surface area contributed by atoms with Crippen molar-refractivity contribution in [3.63, 3.8) is 0 Å². The molecule has 0 unspecified atom stereocenters. The Labute approximate surface area is 96.3 Å². The Kier molecular flexibility index (Phi) is 3.39. The molecule has 1 amide bonds. The number of nitrogens with one attached hydrogen (secondary N) is 2. The molecule has 0 bridgehead atoms. The molecule has 0 saturated carbocycles. The van der Waals surface area contributed by atoms with Gasteiger partial charge in [0, 0.05) is 13.0 Å². The minimum atomic E-state index is -0.469. The number of rotatable bonds is 4. The zero-order valence-corrected chi connectivity index (χ0v) is 8.85. The molecule has 88 valence electrons. The van der Waals surface area contributed by atoms with E-state index >= 15 is 0 Å². The largest absolute Gasteiger partial charge is 0.350 e. The molecule has 7 heteroatoms. The summed E-state index contributed by atoms with van der Waals surface area (Å²) >= 11 is 0. The summed E-state index contributed by atoms with van der Waals surface area (Å²) in [6, 6.07) is 2.53. The van der Waals surface area contributed by atoms with Crippen LogP contribution in [0.15, 0.2) is 24.7 Å². The van der Waals surface area contributed by atoms with Crippen molar-refractivity contribution in [1.29, 1.82) is 0 Å². The quantitative estimate of drug-likeness (QED) is 0.799. The Balaban J connectivity index is 1.83. The average molecular weight is 235 g/mol. The van der Waals surface area contributed by atoms with Gasteiger partial charge in [0.15, 0.2) is 0 Å². The highest BCUT2D eigenvalue weighted by Gasteiger charge is 2.06. The van der Waals surface area contributed by atoms with Crippen LogP contribution in [0.3, 0.4) is 0 Å². The molecule has 0 aliphatic rings. The van der Waals surface area contributed by atoms with E-state index in [2.05, 4.69) is 25.5 Å². The molecular weight excluding hydrogens is 225 g/mol. The van der Waals surface area contributed by atoms with Crippen LogP contribution in [0.1, 0.15) is 16.3 Å². The monoisotopic (exact) mass is 235 g/mol. The minimum absolute atomic E-state index is 0.184. The molecule has 0 radical (unpaired) electrons. The summed E-state index contributed by atoms with van der Waals surface area (Å²) in [6.45, 7) is 0.410. The SMILES string of the molecule is O=C(NCCc1ncn[nH]1)c1ccc(F)cn1. The molecule has 2 aromatic heterocycles. The third kappa shape index (κ3) is 3.07. The van der Waals surface area contributed by atoms with Crippen molar-refractivity contribution in [2.75, 3.05) is 6.54 Å². The van der Waals surface area contributed by atoms with Crippen LogP contribution in [0.25, 0.3) is 0 Å². The lowest BCUT2D eigenvalue weighted by molar-refractivity contribution is 0.0949. The third-order valence-corrected chi connectivity index (χ3v) is 2.07. The van der Waals surface area contributed by atoms with Gasteiger partial charge in [-0.2, -0.15) is 5.10 Å². The number of hydrogen-bond donors (Lipinski definition) is 2. The summed E-state index contributed by atoms with van der Waals surface area (Å²) in [5.41, 5.74) is 0.184. The number of halogens is 1. The van der Waals surface area contributed by atoms with Gasteiger partial charge in [-0.25, -0.2) is 14.4 Å². The molecule has 2 rings (SSSR count). The molecule has 0 saturated heterocycles. The summed E-state index contributed by atoms with van der Waals surface area (Å²) < 4.78 is 12.6. The first kappa shape index (κ1) is 11.2. The fourth-order valence-electron chi connectivity index (χ4n) is 1.25. The number of hydrogen-bond acceptors (Lipinski definition) is 4. The van der Waals surface area contributed by atoms with E-state index < -0.39 is 5.82 Å². The van der Waals surface area contributed by atoms with E-state index in [0.29, 0.717) is 18.8 Å². The van der Waals surface area contributed by atoms with Crippen LogP contribution in [0.2, 0.25) is 0 Å². The van der Waals surface area contributed by atoms with Gasteiger partial charge in [-0.3, -0.25) is 9.89 Å². The highest BCUT2D eigenvalue weighted by molar-refractivity contribution is 5.92. The first-order chi connectivity index (χ1) is 8.25. The van der Waals surface area contributed by atoms with Crippen molar-refractivity contribution in [1.82, 2.24) is 25.5 Å². The highest BCUT2D eigenvalue weighted by Crippen LogP contribution is 1.97. The van der Waals surface area contributed by atoms with Gasteiger partial charge in [-0.05, 0) is 12.1 Å². The topological polar surface area (TPSA) is 83.6 Å². The molecule has 2 heterocycles. The van der Waals surface area contributed by atoms with E-state index in [4.69, 9.17) is 0 Å². The fraction of sp³-hybridized carbons (Fsp3) is 0.200. The molecule has 0 aromatic carbocycles. The predicted octanol–water partition coefficient (Wildman–Crippen LogP) is 0.311. The molecule has 0 atom stereocenters. The molecule has 0 aliphatic carbocycles. The van der Waals surface area contributed by atoms with Gasteiger partial charge in [-0.15, -0.1) is 0 Å². The van der Waals surface area contributed by atoms with Crippen LogP contribution < -0.4 is 5.32 Å². The maximum atomic E-state index is 12.6. The lowest BCUT2D eigenvalue weighted by Gasteiger charge is -2.02. The maximum Gasteiger partial charge on any atom is 0.269 e. The van der Waals surface area contributed by atoms with Gasteiger partial charge in [0.2, 0.25) is 0 Å². The Morgan fingerprint density at radius 2 is 2.29 bits per heavy atom. The molecule has 0 spiro atoms. The van der Waals surface area contributed by atoms with Gasteiger partial charge in [-0.1, -0.05) is 0 Å². The van der Waals surface area contributed by atoms with E-state index in [0.717, 1.165) is 6.20 Å². The van der Waals surface area contributed by atoms with Gasteiger partial charge >= 0.3 is 0 Å². The Bertz CT molecular complexity index is 482. The average Bonchev–Trinajstić information content (AvgIpc) is 2.83. The smallest absolute Gasteiger partial charge is 0.269 e. The molecule has 0 aliphatic heterocycles. The van der Waals surface area contributed by atoms with Crippen molar-refractivity contribution in [2.24, 2.45) is 0 Å². The van der Waals surface area contributed by atoms with Crippen molar-refractivity contribution in [3.8, 4) is 0 Å². The number of carbonyl (C=O) groups excluding carboxylic acids is 1. The van der Waals surface area contributed by atoms with Crippen LogP contribution in [-0.2, 0) is 6.42 Å². The second-order valence-corrected chi connectivity index (χ2v) is 3.30. The Morgan fingerprint density at radius 3 is 2.94 bits per heavy atom. The van der Waals surface area contributed by atoms with Crippen LogP contribution >= 0.6 is 0 Å². The molecule has 17 heavy (non-hydrogen) atoms. The molecule has 0 fully saturated rings. The van der Waals surface area contributed by atoms with Gasteiger partial charge in [0.05, 0.1) is 6.20 Å². The number of H-pyrrole nitrogens is 1. The van der Waals surface area contributed by atoms with E-state index in [1.165, 1.54) is 18.5 Å². The van der Waals surface area contributed by atoms with Gasteiger partial charge < -0.3 is 5.32 Å². The highest BCUT2D eigenvalue weighted by atomic mass is 19.1. The number of amides is 1. The number of pyridine rings is 1. The normalized spacial score (nSPS) is 10.2. The van der Waals surface area contributed by atoms with Crippen LogP contribution in [0, 0.1) is 5.82 Å². The fourth-order valence-corrected chi connectivity index (χ4v) is 1.25. The van der Waals surface area contributed by atoms with Crippen molar-refractivity contribution in [3.05, 3.63) is 42.0 Å². The molecule has 2 aromatic rings. The summed E-state index contributed by atoms with van der Waals surface area (Å²) in [4.78, 5) is 19.1. The number of nitrogens with zero attached hydrogens (tertiary/aromatic N) is 3. The lowest BCUT2D eigenvalue weighted by Crippen LogP contribution is -2.26. The van der Waals surface area contributed by atoms with E-state index in [9.17, 15) is 9.18 Å². The number of aromatic nitrogens is 4. The lowest BCUT2D eigenvalue weighted by atomic mass is 10.3. The van der Waals surface area contributed by atoms with Crippen LogP contribution in [-0.4, -0.2) is 32.6 Å². The van der Waals surface area contributed by atoms with Crippen LogP contribution in [0.5, 0.6) is 0 Å². The van der Waals surface area contributed by atoms with Crippen molar-refractivity contribution < 1.29 is 9.18 Å². The summed E-state index contributed by atoms with van der Waals surface area (Å²) in [5.74, 6) is -0.120. The Hall–Kier alpha value is -2.31. The maximum absolute atomic E-state index is 12.6. The molecular formula is C10H10FN5O. The number of carbonyl (C=O) groups is 1. The molecule has 6 nitrogen and oxygen atoms in total. The molecule has 2 N–H and O–H groups in total. The second-order valence-electron chi connectivity index (χ2n) is 3.30. The standard InChI is InChI=1S/C10H10FN5O/c11-7-1-2-8(13-5-7)10(17)12-4-3-9-14-6-15-16-9/h1-2,5-6H,3-4H2,(H,12,17)(H,14,15,16). The number of aromatic amines is 1. The first-order valence-electron chi connectivity index (χ1n) is 4.99. The third-order valence-electron chi connectivity index (χ3n) is 2.07. The zero-order valence-electron chi connectivity index (χ0n) is 8.85. The summed E-state index contributed by atoms with van der Waals surface area (Å²) in [6.07, 6.45) is 2.96. The minimum Gasteiger partial charge on any atom is -0.350 e. The van der Waals surface area contributed by atoms with E-state index in [-0.39, 0.29) is 11.6 Å². The van der Waals surface area contributed by atoms with Crippen molar-refractivity contribution in [2.45, 2.75) is 6.42 Å². The van der Waals surface area contributed by atoms with Crippen LogP contribution in [0.4, 0.5) is 4.39 Å². The summed E-state index contributed by atoms with van der Waals surface area (Å²) in [7, 11) is 0. The zero-order chi connectivity index (χ0) is 12.1.